The molecule has 100 valence electrons. The Kier molecular flexibility index (Phi) is 3.89. The summed E-state index contributed by atoms with van der Waals surface area (Å²) >= 11 is 2.97. The zero-order chi connectivity index (χ0) is 13.1. The van der Waals surface area contributed by atoms with Crippen molar-refractivity contribution < 1.29 is 4.79 Å². The van der Waals surface area contributed by atoms with Gasteiger partial charge in [0.1, 0.15) is 5.51 Å². The normalized spacial score (nSPS) is 15.4. The first kappa shape index (κ1) is 12.7. The van der Waals surface area contributed by atoms with Crippen LogP contribution in [0.5, 0.6) is 0 Å². The molecule has 1 aliphatic carbocycles. The highest BCUT2D eigenvalue weighted by Gasteiger charge is 2.16. The number of carbonyl (C=O) groups excluding carboxylic acids is 1. The standard InChI is InChI=1S/C13H15N3OS2/c17-12(15-13-16-14-8-18-13)11-7-9-5-3-1-2-4-6-10(9)19-11/h7-8H,1-6H2,(H,15,16,17). The van der Waals surface area contributed by atoms with Crippen LogP contribution in [0, 0.1) is 0 Å². The van der Waals surface area contributed by atoms with E-state index in [2.05, 4.69) is 21.6 Å². The molecule has 0 atom stereocenters. The van der Waals surface area contributed by atoms with E-state index in [0.29, 0.717) is 5.13 Å². The largest absolute Gasteiger partial charge is 0.296 e. The lowest BCUT2D eigenvalue weighted by atomic mass is 10.00. The molecule has 4 nitrogen and oxygen atoms in total. The van der Waals surface area contributed by atoms with Crippen molar-refractivity contribution in [3.05, 3.63) is 26.9 Å². The number of anilines is 1. The van der Waals surface area contributed by atoms with Crippen LogP contribution >= 0.6 is 22.7 Å². The molecule has 2 aromatic rings. The van der Waals surface area contributed by atoms with Gasteiger partial charge in [0, 0.05) is 4.88 Å². The number of aromatic nitrogens is 2. The molecule has 0 aliphatic heterocycles. The fourth-order valence-electron chi connectivity index (χ4n) is 2.34. The van der Waals surface area contributed by atoms with E-state index in [4.69, 9.17) is 0 Å². The molecule has 1 aliphatic rings. The summed E-state index contributed by atoms with van der Waals surface area (Å²) < 4.78 is 0. The predicted octanol–water partition coefficient (Wildman–Crippen LogP) is 3.51. The molecule has 0 saturated carbocycles. The van der Waals surface area contributed by atoms with E-state index in [1.165, 1.54) is 47.5 Å². The zero-order valence-corrected chi connectivity index (χ0v) is 12.1. The second-order valence-corrected chi connectivity index (χ2v) is 6.64. The minimum absolute atomic E-state index is 0.0616. The van der Waals surface area contributed by atoms with Gasteiger partial charge in [-0.05, 0) is 37.3 Å². The van der Waals surface area contributed by atoms with Crippen molar-refractivity contribution in [2.24, 2.45) is 0 Å². The summed E-state index contributed by atoms with van der Waals surface area (Å²) in [5.41, 5.74) is 2.98. The second kappa shape index (κ2) is 5.79. The minimum Gasteiger partial charge on any atom is -0.296 e. The first-order valence-corrected chi connectivity index (χ1v) is 8.21. The monoisotopic (exact) mass is 293 g/mol. The van der Waals surface area contributed by atoms with Gasteiger partial charge in [0.15, 0.2) is 0 Å². The van der Waals surface area contributed by atoms with Crippen molar-refractivity contribution in [2.45, 2.75) is 38.5 Å². The summed E-state index contributed by atoms with van der Waals surface area (Å²) in [6, 6.07) is 2.06. The van der Waals surface area contributed by atoms with Crippen LogP contribution in [0.25, 0.3) is 0 Å². The predicted molar refractivity (Wildman–Crippen MR) is 78.1 cm³/mol. The van der Waals surface area contributed by atoms with Gasteiger partial charge in [-0.1, -0.05) is 24.2 Å². The molecule has 0 spiro atoms. The van der Waals surface area contributed by atoms with Gasteiger partial charge in [0.05, 0.1) is 4.88 Å². The number of carbonyl (C=O) groups is 1. The van der Waals surface area contributed by atoms with Crippen LogP contribution in [0.15, 0.2) is 11.6 Å². The SMILES string of the molecule is O=C(Nc1nncs1)c1cc2c(s1)CCCCCC2. The van der Waals surface area contributed by atoms with E-state index in [1.54, 1.807) is 16.8 Å². The average Bonchev–Trinajstić information content (AvgIpc) is 2.99. The number of amides is 1. The Bertz CT molecular complexity index is 537. The van der Waals surface area contributed by atoms with E-state index >= 15 is 0 Å². The number of aryl methyl sites for hydroxylation is 2. The summed E-state index contributed by atoms with van der Waals surface area (Å²) in [6.45, 7) is 0. The second-order valence-electron chi connectivity index (χ2n) is 4.67. The average molecular weight is 293 g/mol. The van der Waals surface area contributed by atoms with Gasteiger partial charge < -0.3 is 0 Å². The molecule has 0 aromatic carbocycles. The first-order chi connectivity index (χ1) is 9.33. The lowest BCUT2D eigenvalue weighted by molar-refractivity contribution is 0.103. The van der Waals surface area contributed by atoms with Crippen LogP contribution in [0.3, 0.4) is 0 Å². The summed E-state index contributed by atoms with van der Waals surface area (Å²) in [7, 11) is 0. The van der Waals surface area contributed by atoms with Crippen LogP contribution in [-0.4, -0.2) is 16.1 Å². The van der Waals surface area contributed by atoms with E-state index in [9.17, 15) is 4.79 Å². The van der Waals surface area contributed by atoms with Gasteiger partial charge >= 0.3 is 0 Å². The molecule has 1 N–H and O–H groups in total. The summed E-state index contributed by atoms with van der Waals surface area (Å²) in [5, 5.41) is 10.9. The number of thiophene rings is 1. The number of nitrogens with zero attached hydrogens (tertiary/aromatic N) is 2. The molecular weight excluding hydrogens is 278 g/mol. The molecule has 0 saturated heterocycles. The smallest absolute Gasteiger partial charge is 0.267 e. The maximum absolute atomic E-state index is 12.1. The quantitative estimate of drug-likeness (QED) is 0.922. The molecule has 6 heteroatoms. The molecular formula is C13H15N3OS2. The lowest BCUT2D eigenvalue weighted by Crippen LogP contribution is -2.09. The number of rotatable bonds is 2. The molecule has 1 amide bonds. The third-order valence-corrected chi connectivity index (χ3v) is 5.14. The molecule has 3 rings (SSSR count). The van der Waals surface area contributed by atoms with E-state index in [0.717, 1.165) is 17.7 Å². The minimum atomic E-state index is -0.0616. The van der Waals surface area contributed by atoms with Crippen molar-refractivity contribution >= 4 is 33.7 Å². The van der Waals surface area contributed by atoms with Gasteiger partial charge in [0.2, 0.25) is 5.13 Å². The third-order valence-electron chi connectivity index (χ3n) is 3.30. The molecule has 0 radical (unpaired) electrons. The fourth-order valence-corrected chi connectivity index (χ4v) is 3.93. The Hall–Kier alpha value is -1.27. The molecule has 2 heterocycles. The van der Waals surface area contributed by atoms with Crippen LogP contribution in [-0.2, 0) is 12.8 Å². The Morgan fingerprint density at radius 1 is 1.21 bits per heavy atom. The molecule has 0 bridgehead atoms. The van der Waals surface area contributed by atoms with Crippen molar-refractivity contribution in [3.63, 3.8) is 0 Å². The molecule has 2 aromatic heterocycles. The van der Waals surface area contributed by atoms with Crippen LogP contribution in [0.4, 0.5) is 5.13 Å². The number of hydrogen-bond acceptors (Lipinski definition) is 5. The highest BCUT2D eigenvalue weighted by Crippen LogP contribution is 2.29. The molecule has 0 unspecified atom stereocenters. The van der Waals surface area contributed by atoms with Gasteiger partial charge in [-0.25, -0.2) is 0 Å². The van der Waals surface area contributed by atoms with Crippen molar-refractivity contribution in [1.29, 1.82) is 0 Å². The molecule has 19 heavy (non-hydrogen) atoms. The Morgan fingerprint density at radius 2 is 2.05 bits per heavy atom. The van der Waals surface area contributed by atoms with Crippen LogP contribution in [0.1, 0.15) is 45.8 Å². The highest BCUT2D eigenvalue weighted by atomic mass is 32.1. The van der Waals surface area contributed by atoms with E-state index in [-0.39, 0.29) is 5.91 Å². The zero-order valence-electron chi connectivity index (χ0n) is 10.5. The molecule has 0 fully saturated rings. The maximum Gasteiger partial charge on any atom is 0.267 e. The van der Waals surface area contributed by atoms with Crippen LogP contribution < -0.4 is 5.32 Å². The lowest BCUT2D eigenvalue weighted by Gasteiger charge is -2.07. The third kappa shape index (κ3) is 3.01. The Balaban J connectivity index is 1.77. The van der Waals surface area contributed by atoms with Gasteiger partial charge in [-0.2, -0.15) is 0 Å². The Labute approximate surface area is 119 Å². The maximum atomic E-state index is 12.1. The summed E-state index contributed by atoms with van der Waals surface area (Å²) in [5.74, 6) is -0.0616. The van der Waals surface area contributed by atoms with Crippen LogP contribution in [0.2, 0.25) is 0 Å². The van der Waals surface area contributed by atoms with Gasteiger partial charge in [0.25, 0.3) is 5.91 Å². The van der Waals surface area contributed by atoms with E-state index in [1.807, 2.05) is 0 Å². The summed E-state index contributed by atoms with van der Waals surface area (Å²) in [6.07, 6.45) is 7.32. The summed E-state index contributed by atoms with van der Waals surface area (Å²) in [4.78, 5) is 14.3. The van der Waals surface area contributed by atoms with Crippen molar-refractivity contribution in [1.82, 2.24) is 10.2 Å². The number of nitrogens with one attached hydrogen (secondary N) is 1. The van der Waals surface area contributed by atoms with Crippen molar-refractivity contribution in [2.75, 3.05) is 5.32 Å². The van der Waals surface area contributed by atoms with Crippen molar-refractivity contribution in [3.8, 4) is 0 Å². The number of hydrogen-bond donors (Lipinski definition) is 1. The topological polar surface area (TPSA) is 54.9 Å². The highest BCUT2D eigenvalue weighted by molar-refractivity contribution is 7.15. The Morgan fingerprint density at radius 3 is 2.84 bits per heavy atom. The number of fused-ring (bicyclic) bond motifs is 1. The van der Waals surface area contributed by atoms with E-state index < -0.39 is 0 Å². The fraction of sp³-hybridized carbons (Fsp3) is 0.462. The van der Waals surface area contributed by atoms with Gasteiger partial charge in [-0.15, -0.1) is 21.5 Å². The van der Waals surface area contributed by atoms with Gasteiger partial charge in [-0.3, -0.25) is 10.1 Å². The first-order valence-electron chi connectivity index (χ1n) is 6.52.